The van der Waals surface area contributed by atoms with Crippen LogP contribution >= 0.6 is 0 Å². The maximum atomic E-state index is 11.6. The second kappa shape index (κ2) is 8.31. The number of benzene rings is 1. The van der Waals surface area contributed by atoms with Crippen LogP contribution in [-0.4, -0.2) is 39.9 Å². The van der Waals surface area contributed by atoms with Crippen molar-refractivity contribution in [2.45, 2.75) is 12.8 Å². The predicted molar refractivity (Wildman–Crippen MR) is 78.4 cm³/mol. The van der Waals surface area contributed by atoms with Gasteiger partial charge in [0.05, 0.1) is 6.42 Å². The molecule has 0 bridgehead atoms. The van der Waals surface area contributed by atoms with E-state index in [1.54, 1.807) is 30.5 Å². The molecule has 6 nitrogen and oxygen atoms in total. The van der Waals surface area contributed by atoms with Crippen LogP contribution in [0.15, 0.2) is 24.3 Å². The standard InChI is InChI=1S/C13H18N2O4S/c1-20(19)8-4-7-14-13(18)15-11-6-3-2-5-10(11)9-12(16)17/h2-3,5-6H,4,7-9H2,1H3,(H,16,17)(H2,14,15,18). The SMILES string of the molecule is CS(=O)CCCNC(=O)Nc1ccccc1CC(=O)O. The molecule has 0 radical (unpaired) electrons. The van der Waals surface area contributed by atoms with E-state index in [1.807, 2.05) is 0 Å². The van der Waals surface area contributed by atoms with Crippen molar-refractivity contribution in [1.82, 2.24) is 5.32 Å². The summed E-state index contributed by atoms with van der Waals surface area (Å²) in [6, 6.07) is 6.35. The van der Waals surface area contributed by atoms with Crippen molar-refractivity contribution in [2.75, 3.05) is 23.9 Å². The third-order valence-corrected chi connectivity index (χ3v) is 3.36. The number of anilines is 1. The molecule has 0 heterocycles. The van der Waals surface area contributed by atoms with Crippen LogP contribution < -0.4 is 10.6 Å². The number of carboxylic acids is 1. The van der Waals surface area contributed by atoms with E-state index in [0.29, 0.717) is 30.0 Å². The molecule has 0 aliphatic carbocycles. The molecule has 3 N–H and O–H groups in total. The summed E-state index contributed by atoms with van der Waals surface area (Å²) in [5.41, 5.74) is 1.02. The van der Waals surface area contributed by atoms with E-state index in [2.05, 4.69) is 10.6 Å². The van der Waals surface area contributed by atoms with Crippen LogP contribution in [0.1, 0.15) is 12.0 Å². The van der Waals surface area contributed by atoms with Crippen LogP contribution in [-0.2, 0) is 22.0 Å². The normalized spacial score (nSPS) is 11.7. The first-order valence-electron chi connectivity index (χ1n) is 6.13. The van der Waals surface area contributed by atoms with Gasteiger partial charge in [0.15, 0.2) is 0 Å². The molecule has 0 aromatic heterocycles. The molecule has 1 aromatic rings. The summed E-state index contributed by atoms with van der Waals surface area (Å²) >= 11 is 0. The highest BCUT2D eigenvalue weighted by Crippen LogP contribution is 2.15. The van der Waals surface area contributed by atoms with E-state index in [9.17, 15) is 13.8 Å². The van der Waals surface area contributed by atoms with Gasteiger partial charge in [-0.25, -0.2) is 4.79 Å². The van der Waals surface area contributed by atoms with Crippen molar-refractivity contribution < 1.29 is 18.9 Å². The Balaban J connectivity index is 2.49. The highest BCUT2D eigenvalue weighted by molar-refractivity contribution is 7.84. The zero-order chi connectivity index (χ0) is 15.0. The summed E-state index contributed by atoms with van der Waals surface area (Å²) in [5.74, 6) is -0.416. The minimum Gasteiger partial charge on any atom is -0.481 e. The largest absolute Gasteiger partial charge is 0.481 e. The second-order valence-corrected chi connectivity index (χ2v) is 5.79. The number of carbonyl (C=O) groups is 2. The monoisotopic (exact) mass is 298 g/mol. The highest BCUT2D eigenvalue weighted by Gasteiger charge is 2.08. The van der Waals surface area contributed by atoms with Crippen molar-refractivity contribution in [2.24, 2.45) is 0 Å². The van der Waals surface area contributed by atoms with Crippen molar-refractivity contribution in [3.05, 3.63) is 29.8 Å². The van der Waals surface area contributed by atoms with Gasteiger partial charge in [-0.05, 0) is 18.1 Å². The lowest BCUT2D eigenvalue weighted by Gasteiger charge is -2.10. The van der Waals surface area contributed by atoms with Crippen LogP contribution in [0.3, 0.4) is 0 Å². The summed E-state index contributed by atoms with van der Waals surface area (Å²) in [6.45, 7) is 0.423. The van der Waals surface area contributed by atoms with Crippen molar-refractivity contribution in [3.63, 3.8) is 0 Å². The number of para-hydroxylation sites is 1. The predicted octanol–water partition coefficient (Wildman–Crippen LogP) is 1.20. The Labute approximate surface area is 120 Å². The number of carboxylic acid groups (broad SMARTS) is 1. The molecule has 2 amide bonds. The van der Waals surface area contributed by atoms with E-state index in [1.165, 1.54) is 0 Å². The average molecular weight is 298 g/mol. The van der Waals surface area contributed by atoms with Gasteiger partial charge in [0.25, 0.3) is 0 Å². The summed E-state index contributed by atoms with van der Waals surface area (Å²) in [4.78, 5) is 22.4. The van der Waals surface area contributed by atoms with Gasteiger partial charge in [-0.15, -0.1) is 0 Å². The molecule has 1 rings (SSSR count). The number of urea groups is 1. The number of amides is 2. The smallest absolute Gasteiger partial charge is 0.319 e. The Hall–Kier alpha value is -1.89. The maximum Gasteiger partial charge on any atom is 0.319 e. The first-order valence-corrected chi connectivity index (χ1v) is 7.86. The van der Waals surface area contributed by atoms with Gasteiger partial charge < -0.3 is 15.7 Å². The lowest BCUT2D eigenvalue weighted by Crippen LogP contribution is -2.30. The van der Waals surface area contributed by atoms with Gasteiger partial charge in [-0.3, -0.25) is 9.00 Å². The van der Waals surface area contributed by atoms with Crippen LogP contribution in [0.2, 0.25) is 0 Å². The van der Waals surface area contributed by atoms with Gasteiger partial charge in [0.2, 0.25) is 0 Å². The van der Waals surface area contributed by atoms with Gasteiger partial charge in [-0.1, -0.05) is 18.2 Å². The summed E-state index contributed by atoms with van der Waals surface area (Å²) in [7, 11) is -0.866. The fraction of sp³-hybridized carbons (Fsp3) is 0.385. The molecular formula is C13H18N2O4S. The average Bonchev–Trinajstić information content (AvgIpc) is 2.36. The molecule has 110 valence electrons. The second-order valence-electron chi connectivity index (χ2n) is 4.24. The van der Waals surface area contributed by atoms with E-state index in [0.717, 1.165) is 0 Å². The minimum atomic E-state index is -0.954. The molecule has 0 aliphatic rings. The zero-order valence-corrected chi connectivity index (χ0v) is 12.0. The lowest BCUT2D eigenvalue weighted by atomic mass is 10.1. The molecule has 0 saturated carbocycles. The molecule has 7 heteroatoms. The van der Waals surface area contributed by atoms with E-state index in [-0.39, 0.29) is 6.42 Å². The summed E-state index contributed by atoms with van der Waals surface area (Å²) in [6.07, 6.45) is 2.10. The molecule has 1 unspecified atom stereocenters. The Morgan fingerprint density at radius 1 is 1.30 bits per heavy atom. The van der Waals surface area contributed by atoms with Gasteiger partial charge in [0.1, 0.15) is 0 Å². The van der Waals surface area contributed by atoms with E-state index < -0.39 is 22.8 Å². The van der Waals surface area contributed by atoms with E-state index >= 15 is 0 Å². The molecule has 1 aromatic carbocycles. The summed E-state index contributed by atoms with van der Waals surface area (Å²) < 4.78 is 10.9. The van der Waals surface area contributed by atoms with Crippen LogP contribution in [0.25, 0.3) is 0 Å². The lowest BCUT2D eigenvalue weighted by molar-refractivity contribution is -0.136. The fourth-order valence-corrected chi connectivity index (χ4v) is 2.15. The minimum absolute atomic E-state index is 0.148. The molecular weight excluding hydrogens is 280 g/mol. The Morgan fingerprint density at radius 2 is 2.00 bits per heavy atom. The van der Waals surface area contributed by atoms with Crippen molar-refractivity contribution in [1.29, 1.82) is 0 Å². The zero-order valence-electron chi connectivity index (χ0n) is 11.2. The third kappa shape index (κ3) is 6.33. The number of carbonyl (C=O) groups excluding carboxylic acids is 1. The maximum absolute atomic E-state index is 11.6. The van der Waals surface area contributed by atoms with Gasteiger partial charge in [-0.2, -0.15) is 0 Å². The molecule has 0 fully saturated rings. The molecule has 0 spiro atoms. The Bertz CT molecular complexity index is 505. The molecule has 20 heavy (non-hydrogen) atoms. The summed E-state index contributed by atoms with van der Waals surface area (Å²) in [5, 5.41) is 14.0. The van der Waals surface area contributed by atoms with Gasteiger partial charge >= 0.3 is 12.0 Å². The molecule has 0 saturated heterocycles. The van der Waals surface area contributed by atoms with Crippen LogP contribution in [0, 0.1) is 0 Å². The molecule has 0 aliphatic heterocycles. The van der Waals surface area contributed by atoms with E-state index in [4.69, 9.17) is 5.11 Å². The third-order valence-electron chi connectivity index (χ3n) is 2.50. The number of nitrogens with one attached hydrogen (secondary N) is 2. The van der Waals surface area contributed by atoms with Gasteiger partial charge in [0, 0.05) is 35.0 Å². The first-order chi connectivity index (χ1) is 9.49. The molecule has 1 atom stereocenters. The quantitative estimate of drug-likeness (QED) is 0.659. The number of aliphatic carboxylic acids is 1. The first kappa shape index (κ1) is 16.2. The van der Waals surface area contributed by atoms with Crippen LogP contribution in [0.4, 0.5) is 10.5 Å². The van der Waals surface area contributed by atoms with Crippen LogP contribution in [0.5, 0.6) is 0 Å². The highest BCUT2D eigenvalue weighted by atomic mass is 32.2. The number of rotatable bonds is 7. The Morgan fingerprint density at radius 3 is 2.65 bits per heavy atom. The Kier molecular flexibility index (Phi) is 6.72. The number of hydrogen-bond donors (Lipinski definition) is 3. The van der Waals surface area contributed by atoms with Crippen molar-refractivity contribution in [3.8, 4) is 0 Å². The fourth-order valence-electron chi connectivity index (χ4n) is 1.60. The number of hydrogen-bond acceptors (Lipinski definition) is 3. The van der Waals surface area contributed by atoms with Crippen molar-refractivity contribution >= 4 is 28.5 Å². The topological polar surface area (TPSA) is 95.5 Å².